The molecule has 2 heteroatoms. The van der Waals surface area contributed by atoms with Gasteiger partial charge in [-0.2, -0.15) is 0 Å². The van der Waals surface area contributed by atoms with Crippen LogP contribution in [0.2, 0.25) is 0 Å². The summed E-state index contributed by atoms with van der Waals surface area (Å²) in [6, 6.07) is 10.6. The zero-order chi connectivity index (χ0) is 12.1. The molecule has 2 nitrogen and oxygen atoms in total. The molecular weight excluding hydrogens is 224 g/mol. The molecule has 1 saturated carbocycles. The SMILES string of the molecule is OC(C1CC2CCC1O2)C1CC1c1ccccc1. The number of benzene rings is 1. The Bertz CT molecular complexity index is 430. The molecule has 0 radical (unpaired) electrons. The Morgan fingerprint density at radius 3 is 2.56 bits per heavy atom. The number of rotatable bonds is 3. The van der Waals surface area contributed by atoms with Crippen LogP contribution >= 0.6 is 0 Å². The first-order valence-corrected chi connectivity index (χ1v) is 7.21. The van der Waals surface area contributed by atoms with Crippen LogP contribution in [-0.4, -0.2) is 23.4 Å². The standard InChI is InChI=1S/C16H20O2/c17-16(14-8-11-6-7-15(14)18-11)13-9-12(13)10-4-2-1-3-5-10/h1-5,11-17H,6-9H2. The van der Waals surface area contributed by atoms with Gasteiger partial charge in [0.05, 0.1) is 18.3 Å². The average molecular weight is 244 g/mol. The maximum atomic E-state index is 10.6. The number of aliphatic hydroxyl groups excluding tert-OH is 1. The second-order valence-corrected chi connectivity index (χ2v) is 6.18. The summed E-state index contributed by atoms with van der Waals surface area (Å²) < 4.78 is 5.86. The van der Waals surface area contributed by atoms with Crippen molar-refractivity contribution in [1.29, 1.82) is 0 Å². The maximum Gasteiger partial charge on any atom is 0.0633 e. The van der Waals surface area contributed by atoms with Gasteiger partial charge in [-0.15, -0.1) is 0 Å². The van der Waals surface area contributed by atoms with Crippen molar-refractivity contribution in [2.75, 3.05) is 0 Å². The largest absolute Gasteiger partial charge is 0.392 e. The summed E-state index contributed by atoms with van der Waals surface area (Å²) in [7, 11) is 0. The third-order valence-electron chi connectivity index (χ3n) is 5.10. The van der Waals surface area contributed by atoms with Gasteiger partial charge in [-0.05, 0) is 43.1 Å². The van der Waals surface area contributed by atoms with Crippen LogP contribution in [-0.2, 0) is 4.74 Å². The second kappa shape index (κ2) is 4.07. The minimum absolute atomic E-state index is 0.148. The Labute approximate surface area is 108 Å². The predicted octanol–water partition coefficient (Wildman–Crippen LogP) is 2.72. The van der Waals surface area contributed by atoms with Gasteiger partial charge in [0.25, 0.3) is 0 Å². The van der Waals surface area contributed by atoms with Crippen LogP contribution < -0.4 is 0 Å². The molecule has 0 amide bonds. The minimum Gasteiger partial charge on any atom is -0.392 e. The second-order valence-electron chi connectivity index (χ2n) is 6.18. The van der Waals surface area contributed by atoms with Crippen LogP contribution in [0.15, 0.2) is 30.3 Å². The Morgan fingerprint density at radius 2 is 1.89 bits per heavy atom. The first kappa shape index (κ1) is 11.0. The fourth-order valence-corrected chi connectivity index (χ4v) is 4.03. The highest BCUT2D eigenvalue weighted by atomic mass is 16.5. The van der Waals surface area contributed by atoms with Crippen molar-refractivity contribution in [3.8, 4) is 0 Å². The molecule has 2 bridgehead atoms. The van der Waals surface area contributed by atoms with E-state index in [9.17, 15) is 5.11 Å². The molecule has 4 rings (SSSR count). The van der Waals surface area contributed by atoms with E-state index in [0.29, 0.717) is 30.0 Å². The average Bonchev–Trinajstić information content (AvgIpc) is 2.94. The minimum atomic E-state index is -0.148. The van der Waals surface area contributed by atoms with E-state index < -0.39 is 0 Å². The monoisotopic (exact) mass is 244 g/mol. The van der Waals surface area contributed by atoms with E-state index >= 15 is 0 Å². The number of ether oxygens (including phenoxy) is 1. The molecule has 2 aliphatic heterocycles. The lowest BCUT2D eigenvalue weighted by Gasteiger charge is -2.24. The van der Waals surface area contributed by atoms with E-state index in [0.717, 1.165) is 19.3 Å². The van der Waals surface area contributed by atoms with Gasteiger partial charge in [0.1, 0.15) is 0 Å². The summed E-state index contributed by atoms with van der Waals surface area (Å²) in [5, 5.41) is 10.6. The van der Waals surface area contributed by atoms with Crippen molar-refractivity contribution in [2.24, 2.45) is 11.8 Å². The van der Waals surface area contributed by atoms with Crippen molar-refractivity contribution < 1.29 is 9.84 Å². The Morgan fingerprint density at radius 1 is 1.06 bits per heavy atom. The molecule has 3 fully saturated rings. The molecule has 0 spiro atoms. The van der Waals surface area contributed by atoms with Gasteiger partial charge in [0, 0.05) is 5.92 Å². The predicted molar refractivity (Wildman–Crippen MR) is 69.3 cm³/mol. The first-order chi connectivity index (χ1) is 8.83. The molecule has 1 aliphatic carbocycles. The van der Waals surface area contributed by atoms with Gasteiger partial charge in [-0.1, -0.05) is 30.3 Å². The molecule has 1 aromatic rings. The van der Waals surface area contributed by atoms with E-state index in [1.807, 2.05) is 0 Å². The summed E-state index contributed by atoms with van der Waals surface area (Å²) in [4.78, 5) is 0. The summed E-state index contributed by atoms with van der Waals surface area (Å²) in [6.07, 6.45) is 5.26. The molecule has 18 heavy (non-hydrogen) atoms. The lowest BCUT2D eigenvalue weighted by atomic mass is 9.83. The third-order valence-corrected chi connectivity index (χ3v) is 5.10. The Hall–Kier alpha value is -0.860. The van der Waals surface area contributed by atoms with Crippen molar-refractivity contribution in [3.63, 3.8) is 0 Å². The van der Waals surface area contributed by atoms with E-state index in [2.05, 4.69) is 30.3 Å². The fourth-order valence-electron chi connectivity index (χ4n) is 4.03. The summed E-state index contributed by atoms with van der Waals surface area (Å²) in [5.41, 5.74) is 1.39. The van der Waals surface area contributed by atoms with Gasteiger partial charge in [0.2, 0.25) is 0 Å². The van der Waals surface area contributed by atoms with E-state index in [-0.39, 0.29) is 6.10 Å². The highest BCUT2D eigenvalue weighted by Crippen LogP contribution is 2.54. The summed E-state index contributed by atoms with van der Waals surface area (Å²) in [5.74, 6) is 1.46. The van der Waals surface area contributed by atoms with E-state index in [4.69, 9.17) is 4.74 Å². The van der Waals surface area contributed by atoms with Crippen LogP contribution in [0.25, 0.3) is 0 Å². The Kier molecular flexibility index (Phi) is 2.49. The molecule has 0 aromatic heterocycles. The molecule has 3 aliphatic rings. The van der Waals surface area contributed by atoms with Crippen LogP contribution in [0.5, 0.6) is 0 Å². The number of aliphatic hydroxyl groups is 1. The van der Waals surface area contributed by atoms with Gasteiger partial charge >= 0.3 is 0 Å². The van der Waals surface area contributed by atoms with Gasteiger partial charge in [0.15, 0.2) is 0 Å². The maximum absolute atomic E-state index is 10.6. The number of hydrogen-bond donors (Lipinski definition) is 1. The molecular formula is C16H20O2. The van der Waals surface area contributed by atoms with Crippen LogP contribution in [0.1, 0.15) is 37.2 Å². The lowest BCUT2D eigenvalue weighted by Crippen LogP contribution is -2.31. The molecule has 2 heterocycles. The zero-order valence-electron chi connectivity index (χ0n) is 10.5. The smallest absolute Gasteiger partial charge is 0.0633 e. The van der Waals surface area contributed by atoms with Gasteiger partial charge in [-0.25, -0.2) is 0 Å². The van der Waals surface area contributed by atoms with Gasteiger partial charge < -0.3 is 9.84 Å². The van der Waals surface area contributed by atoms with Crippen molar-refractivity contribution >= 4 is 0 Å². The fraction of sp³-hybridized carbons (Fsp3) is 0.625. The molecule has 2 saturated heterocycles. The number of fused-ring (bicyclic) bond motifs is 2. The first-order valence-electron chi connectivity index (χ1n) is 7.21. The van der Waals surface area contributed by atoms with Crippen molar-refractivity contribution in [2.45, 2.75) is 49.9 Å². The van der Waals surface area contributed by atoms with Crippen LogP contribution in [0.3, 0.4) is 0 Å². The molecule has 1 N–H and O–H groups in total. The number of hydrogen-bond acceptors (Lipinski definition) is 2. The normalized spacial score (nSPS) is 43.1. The van der Waals surface area contributed by atoms with E-state index in [1.54, 1.807) is 0 Å². The molecule has 96 valence electrons. The third kappa shape index (κ3) is 1.70. The molecule has 6 atom stereocenters. The van der Waals surface area contributed by atoms with E-state index in [1.165, 1.54) is 12.0 Å². The highest BCUT2D eigenvalue weighted by molar-refractivity contribution is 5.26. The van der Waals surface area contributed by atoms with Gasteiger partial charge in [-0.3, -0.25) is 0 Å². The van der Waals surface area contributed by atoms with Crippen LogP contribution in [0, 0.1) is 11.8 Å². The van der Waals surface area contributed by atoms with Crippen molar-refractivity contribution in [1.82, 2.24) is 0 Å². The summed E-state index contributed by atoms with van der Waals surface area (Å²) in [6.45, 7) is 0. The highest BCUT2D eigenvalue weighted by Gasteiger charge is 2.52. The molecule has 1 aromatic carbocycles. The topological polar surface area (TPSA) is 29.5 Å². The summed E-state index contributed by atoms with van der Waals surface area (Å²) >= 11 is 0. The van der Waals surface area contributed by atoms with Crippen LogP contribution in [0.4, 0.5) is 0 Å². The Balaban J connectivity index is 1.44. The molecule has 6 unspecified atom stereocenters. The quantitative estimate of drug-likeness (QED) is 0.886. The lowest BCUT2D eigenvalue weighted by molar-refractivity contribution is 0.0310. The van der Waals surface area contributed by atoms with Crippen molar-refractivity contribution in [3.05, 3.63) is 35.9 Å². The zero-order valence-corrected chi connectivity index (χ0v) is 10.5.